The van der Waals surface area contributed by atoms with Gasteiger partial charge in [-0.1, -0.05) is 65.0 Å². The SMILES string of the molecule is CCCN(Cc1ncc(-c2ccc(-c3ccc(-c4cnc(C5CCCN5C(=O)C(NC(=O)OC)C(C)C)[nH]4)cc3)c3nc(C)oc23)[nH]1)C(=O)C(NC(=O)OC)C(C)C. The van der Waals surface area contributed by atoms with Gasteiger partial charge in [0.15, 0.2) is 11.5 Å². The zero-order valence-corrected chi connectivity index (χ0v) is 34.3. The predicted octanol–water partition coefficient (Wildman–Crippen LogP) is 6.75. The normalized spacial score (nSPS) is 15.1. The van der Waals surface area contributed by atoms with Crippen molar-refractivity contribution in [3.05, 3.63) is 66.3 Å². The number of hydrogen-bond donors (Lipinski definition) is 4. The number of carbonyl (C=O) groups is 4. The van der Waals surface area contributed by atoms with Crippen LogP contribution >= 0.6 is 0 Å². The lowest BCUT2D eigenvalue weighted by molar-refractivity contribution is -0.136. The predicted molar refractivity (Wildman–Crippen MR) is 217 cm³/mol. The molecule has 16 nitrogen and oxygen atoms in total. The average Bonchev–Trinajstić information content (AvgIpc) is 4.04. The minimum Gasteiger partial charge on any atom is -0.453 e. The minimum atomic E-state index is -0.745. The van der Waals surface area contributed by atoms with Crippen LogP contribution in [0.1, 0.15) is 77.5 Å². The maximum absolute atomic E-state index is 13.6. The first-order valence-electron chi connectivity index (χ1n) is 19.7. The molecule has 0 bridgehead atoms. The number of nitrogens with one attached hydrogen (secondary N) is 4. The lowest BCUT2D eigenvalue weighted by atomic mass is 9.99. The first-order chi connectivity index (χ1) is 27.8. The largest absolute Gasteiger partial charge is 0.453 e. The Balaban J connectivity index is 1.20. The van der Waals surface area contributed by atoms with Crippen LogP contribution < -0.4 is 10.6 Å². The van der Waals surface area contributed by atoms with Gasteiger partial charge in [-0.25, -0.2) is 24.5 Å². The molecular weight excluding hydrogens is 743 g/mol. The molecule has 1 aliphatic rings. The molecule has 308 valence electrons. The number of methoxy groups -OCH3 is 2. The summed E-state index contributed by atoms with van der Waals surface area (Å²) in [5.74, 6) is 1.16. The summed E-state index contributed by atoms with van der Waals surface area (Å²) >= 11 is 0. The number of alkyl carbamates (subject to hydrolysis) is 2. The van der Waals surface area contributed by atoms with Gasteiger partial charge in [-0.15, -0.1) is 0 Å². The van der Waals surface area contributed by atoms with Crippen molar-refractivity contribution in [3.8, 4) is 33.6 Å². The van der Waals surface area contributed by atoms with Gasteiger partial charge in [0, 0.05) is 31.1 Å². The monoisotopic (exact) mass is 795 g/mol. The van der Waals surface area contributed by atoms with E-state index in [1.807, 2.05) is 77.9 Å². The van der Waals surface area contributed by atoms with E-state index in [9.17, 15) is 19.2 Å². The average molecular weight is 796 g/mol. The molecule has 5 aromatic rings. The summed E-state index contributed by atoms with van der Waals surface area (Å²) in [5.41, 5.74) is 6.38. The van der Waals surface area contributed by atoms with Crippen LogP contribution in [0.15, 0.2) is 53.2 Å². The van der Waals surface area contributed by atoms with Crippen molar-refractivity contribution in [3.63, 3.8) is 0 Å². The van der Waals surface area contributed by atoms with Gasteiger partial charge in [0.05, 0.1) is 50.6 Å². The van der Waals surface area contributed by atoms with Crippen LogP contribution in [-0.4, -0.2) is 98.1 Å². The Hall–Kier alpha value is -6.19. The Labute approximate surface area is 337 Å². The molecule has 0 saturated carbocycles. The summed E-state index contributed by atoms with van der Waals surface area (Å²) in [7, 11) is 2.56. The fraction of sp³-hybridized carbons (Fsp3) is 0.452. The highest BCUT2D eigenvalue weighted by atomic mass is 16.5. The summed E-state index contributed by atoms with van der Waals surface area (Å²) in [6.45, 7) is 12.6. The molecule has 1 fully saturated rings. The van der Waals surface area contributed by atoms with Gasteiger partial charge in [-0.3, -0.25) is 9.59 Å². The van der Waals surface area contributed by atoms with E-state index in [-0.39, 0.29) is 36.2 Å². The molecule has 6 rings (SSSR count). The number of carbonyl (C=O) groups excluding carboxylic acids is 4. The smallest absolute Gasteiger partial charge is 0.407 e. The Bertz CT molecular complexity index is 2240. The van der Waals surface area contributed by atoms with E-state index in [1.54, 1.807) is 22.2 Å². The zero-order chi connectivity index (χ0) is 41.7. The number of imidazole rings is 2. The first-order valence-corrected chi connectivity index (χ1v) is 19.7. The van der Waals surface area contributed by atoms with Crippen LogP contribution in [0.5, 0.6) is 0 Å². The number of aryl methyl sites for hydroxylation is 1. The number of aromatic nitrogens is 5. The Morgan fingerprint density at radius 1 is 0.879 bits per heavy atom. The van der Waals surface area contributed by atoms with Crippen molar-refractivity contribution in [2.24, 2.45) is 11.8 Å². The summed E-state index contributed by atoms with van der Waals surface area (Å²) in [6.07, 6.45) is 4.53. The quantitative estimate of drug-likeness (QED) is 0.0932. The van der Waals surface area contributed by atoms with Crippen molar-refractivity contribution in [2.75, 3.05) is 27.3 Å². The van der Waals surface area contributed by atoms with E-state index in [0.717, 1.165) is 47.2 Å². The van der Waals surface area contributed by atoms with Gasteiger partial charge < -0.3 is 44.3 Å². The molecule has 4 N–H and O–H groups in total. The zero-order valence-electron chi connectivity index (χ0n) is 34.3. The molecule has 0 spiro atoms. The second-order valence-corrected chi connectivity index (χ2v) is 15.2. The fourth-order valence-corrected chi connectivity index (χ4v) is 7.43. The number of oxazole rings is 1. The van der Waals surface area contributed by atoms with E-state index in [1.165, 1.54) is 14.2 Å². The van der Waals surface area contributed by atoms with E-state index >= 15 is 0 Å². The van der Waals surface area contributed by atoms with E-state index in [0.29, 0.717) is 47.4 Å². The third-order valence-corrected chi connectivity index (χ3v) is 10.5. The third kappa shape index (κ3) is 8.85. The van der Waals surface area contributed by atoms with Gasteiger partial charge in [-0.05, 0) is 48.3 Å². The Kier molecular flexibility index (Phi) is 12.8. The van der Waals surface area contributed by atoms with Gasteiger partial charge in [-0.2, -0.15) is 0 Å². The summed E-state index contributed by atoms with van der Waals surface area (Å²) in [4.78, 5) is 75.5. The maximum atomic E-state index is 13.6. The number of hydrogen-bond acceptors (Lipinski definition) is 10. The van der Waals surface area contributed by atoms with Crippen LogP contribution in [0, 0.1) is 18.8 Å². The molecule has 3 atom stereocenters. The first kappa shape index (κ1) is 41.4. The van der Waals surface area contributed by atoms with E-state index in [2.05, 4.69) is 30.6 Å². The molecule has 0 radical (unpaired) electrons. The summed E-state index contributed by atoms with van der Waals surface area (Å²) in [6, 6.07) is 10.4. The van der Waals surface area contributed by atoms with Crippen molar-refractivity contribution >= 4 is 35.1 Å². The summed E-state index contributed by atoms with van der Waals surface area (Å²) < 4.78 is 15.7. The maximum Gasteiger partial charge on any atom is 0.407 e. The van der Waals surface area contributed by atoms with Crippen LogP contribution in [0.25, 0.3) is 44.7 Å². The lowest BCUT2D eigenvalue weighted by Crippen LogP contribution is -2.51. The highest BCUT2D eigenvalue weighted by Gasteiger charge is 2.37. The van der Waals surface area contributed by atoms with E-state index < -0.39 is 24.3 Å². The van der Waals surface area contributed by atoms with Gasteiger partial charge in [0.25, 0.3) is 0 Å². The number of likely N-dealkylation sites (tertiary alicyclic amines) is 1. The van der Waals surface area contributed by atoms with Crippen molar-refractivity contribution < 1.29 is 33.1 Å². The summed E-state index contributed by atoms with van der Waals surface area (Å²) in [5, 5.41) is 5.36. The Morgan fingerprint density at radius 2 is 1.52 bits per heavy atom. The van der Waals surface area contributed by atoms with Gasteiger partial charge in [0.1, 0.15) is 29.2 Å². The van der Waals surface area contributed by atoms with Gasteiger partial charge in [0.2, 0.25) is 11.8 Å². The van der Waals surface area contributed by atoms with Crippen LogP contribution in [0.2, 0.25) is 0 Å². The second kappa shape index (κ2) is 17.9. The van der Waals surface area contributed by atoms with Crippen LogP contribution in [0.4, 0.5) is 9.59 Å². The van der Waals surface area contributed by atoms with Crippen LogP contribution in [0.3, 0.4) is 0 Å². The number of ether oxygens (including phenoxy) is 2. The van der Waals surface area contributed by atoms with Crippen LogP contribution in [-0.2, 0) is 25.6 Å². The lowest BCUT2D eigenvalue weighted by Gasteiger charge is -2.30. The molecular formula is C42H53N9O7. The molecule has 3 aromatic heterocycles. The van der Waals surface area contributed by atoms with Crippen molar-refractivity contribution in [1.82, 2.24) is 45.4 Å². The number of amides is 4. The molecule has 4 heterocycles. The van der Waals surface area contributed by atoms with Crippen molar-refractivity contribution in [1.29, 1.82) is 0 Å². The molecule has 1 saturated heterocycles. The molecule has 1 aliphatic heterocycles. The third-order valence-electron chi connectivity index (χ3n) is 10.5. The molecule has 58 heavy (non-hydrogen) atoms. The molecule has 3 unspecified atom stereocenters. The number of H-pyrrole nitrogens is 2. The molecule has 0 aliphatic carbocycles. The second-order valence-electron chi connectivity index (χ2n) is 15.2. The number of aromatic amines is 2. The topological polar surface area (TPSA) is 201 Å². The molecule has 4 amide bonds. The highest BCUT2D eigenvalue weighted by molar-refractivity contribution is 5.99. The minimum absolute atomic E-state index is 0.122. The van der Waals surface area contributed by atoms with E-state index in [4.69, 9.17) is 18.9 Å². The standard InChI is InChI=1S/C42H53N9O7/c1-9-18-50(39(52)34(23(2)3)48-41(54)56-7)22-33-43-21-31(46-33)29-17-16-28(36-37(29)58-25(6)45-36)26-12-14-27(15-13-26)30-20-44-38(47-30)32-11-10-19-51(32)40(53)35(24(4)5)49-42(55)57-8/h12-17,20-21,23-24,32,34-35H,9-11,18-19,22H2,1-8H3,(H,43,46)(H,44,47)(H,48,54)(H,49,55). The number of benzene rings is 2. The van der Waals surface area contributed by atoms with Gasteiger partial charge >= 0.3 is 12.2 Å². The highest BCUT2D eigenvalue weighted by Crippen LogP contribution is 2.37. The van der Waals surface area contributed by atoms with Crippen molar-refractivity contribution in [2.45, 2.75) is 85.5 Å². The number of fused-ring (bicyclic) bond motifs is 1. The Morgan fingerprint density at radius 3 is 2.17 bits per heavy atom. The molecule has 2 aromatic carbocycles. The number of nitrogens with zero attached hydrogens (tertiary/aromatic N) is 5. The fourth-order valence-electron chi connectivity index (χ4n) is 7.43. The molecule has 16 heteroatoms. The number of rotatable bonds is 14.